The number of hydrogen-bond donors (Lipinski definition) is 2. The lowest BCUT2D eigenvalue weighted by atomic mass is 9.90. The van der Waals surface area contributed by atoms with Crippen molar-refractivity contribution in [3.8, 4) is 0 Å². The van der Waals surface area contributed by atoms with Gasteiger partial charge in [-0.15, -0.1) is 0 Å². The van der Waals surface area contributed by atoms with E-state index >= 15 is 0 Å². The number of rotatable bonds is 6. The van der Waals surface area contributed by atoms with E-state index in [9.17, 15) is 9.59 Å². The second-order valence-electron chi connectivity index (χ2n) is 6.57. The zero-order valence-electron chi connectivity index (χ0n) is 14.5. The Morgan fingerprint density at radius 2 is 1.96 bits per heavy atom. The predicted octanol–water partition coefficient (Wildman–Crippen LogP) is 2.52. The molecule has 1 aromatic heterocycles. The summed E-state index contributed by atoms with van der Waals surface area (Å²) >= 11 is 0. The summed E-state index contributed by atoms with van der Waals surface area (Å²) < 4.78 is 5.17. The topological polar surface area (TPSA) is 71.3 Å². The standard InChI is InChI=1S/C20H24N2O3/c1-14(20(24)21-13-18-7-4-10-25-18)22-19(23)12-15-8-9-16-5-2-3-6-17(16)11-15/h4,7-11,14H,2-3,5-6,12-13H2,1H3,(H,21,24)(H,22,23)/t14-/m1/s1. The van der Waals surface area contributed by atoms with Crippen LogP contribution in [0, 0.1) is 0 Å². The number of nitrogens with one attached hydrogen (secondary N) is 2. The van der Waals surface area contributed by atoms with E-state index in [0.717, 1.165) is 18.4 Å². The van der Waals surface area contributed by atoms with Gasteiger partial charge in [0, 0.05) is 0 Å². The molecule has 0 bridgehead atoms. The third-order valence-electron chi connectivity index (χ3n) is 4.57. The molecule has 0 fully saturated rings. The fourth-order valence-electron chi connectivity index (χ4n) is 3.18. The van der Waals surface area contributed by atoms with Crippen LogP contribution >= 0.6 is 0 Å². The summed E-state index contributed by atoms with van der Waals surface area (Å²) in [4.78, 5) is 24.3. The van der Waals surface area contributed by atoms with Crippen molar-refractivity contribution in [1.82, 2.24) is 10.6 Å². The Bertz CT molecular complexity index is 737. The van der Waals surface area contributed by atoms with Crippen LogP contribution in [0.1, 0.15) is 42.2 Å². The molecule has 5 heteroatoms. The Morgan fingerprint density at radius 1 is 1.16 bits per heavy atom. The third-order valence-corrected chi connectivity index (χ3v) is 4.57. The van der Waals surface area contributed by atoms with Crippen LogP contribution in [-0.2, 0) is 35.4 Å². The summed E-state index contributed by atoms with van der Waals surface area (Å²) in [6, 6.07) is 9.27. The summed E-state index contributed by atoms with van der Waals surface area (Å²) in [5.41, 5.74) is 3.77. The second-order valence-corrected chi connectivity index (χ2v) is 6.57. The monoisotopic (exact) mass is 340 g/mol. The molecule has 1 aromatic carbocycles. The van der Waals surface area contributed by atoms with Crippen molar-refractivity contribution in [3.63, 3.8) is 0 Å². The van der Waals surface area contributed by atoms with Gasteiger partial charge in [-0.2, -0.15) is 0 Å². The van der Waals surface area contributed by atoms with Gasteiger partial charge in [-0.1, -0.05) is 18.2 Å². The molecule has 3 rings (SSSR count). The molecule has 1 atom stereocenters. The lowest BCUT2D eigenvalue weighted by molar-refractivity contribution is -0.128. The zero-order chi connectivity index (χ0) is 17.6. The lowest BCUT2D eigenvalue weighted by Crippen LogP contribution is -2.45. The molecule has 0 saturated carbocycles. The van der Waals surface area contributed by atoms with Gasteiger partial charge < -0.3 is 15.1 Å². The second kappa shape index (κ2) is 8.01. The molecule has 25 heavy (non-hydrogen) atoms. The molecule has 1 aliphatic carbocycles. The van der Waals surface area contributed by atoms with Crippen LogP contribution in [0.4, 0.5) is 0 Å². The highest BCUT2D eigenvalue weighted by atomic mass is 16.3. The fourth-order valence-corrected chi connectivity index (χ4v) is 3.18. The van der Waals surface area contributed by atoms with Crippen molar-refractivity contribution < 1.29 is 14.0 Å². The maximum atomic E-state index is 12.2. The molecule has 0 radical (unpaired) electrons. The van der Waals surface area contributed by atoms with Crippen LogP contribution in [0.5, 0.6) is 0 Å². The SMILES string of the molecule is C[C@@H](NC(=O)Cc1ccc2c(c1)CCCC2)C(=O)NCc1ccco1. The normalized spacial score (nSPS) is 14.4. The molecule has 2 N–H and O–H groups in total. The Labute approximate surface area is 147 Å². The van der Waals surface area contributed by atoms with Gasteiger partial charge in [-0.05, 0) is 61.4 Å². The molecule has 132 valence electrons. The van der Waals surface area contributed by atoms with Crippen LogP contribution in [0.25, 0.3) is 0 Å². The molecule has 0 saturated heterocycles. The van der Waals surface area contributed by atoms with Gasteiger partial charge >= 0.3 is 0 Å². The summed E-state index contributed by atoms with van der Waals surface area (Å²) in [5.74, 6) is 0.313. The molecule has 5 nitrogen and oxygen atoms in total. The number of aryl methyl sites for hydroxylation is 2. The zero-order valence-corrected chi connectivity index (χ0v) is 14.5. The molecule has 0 spiro atoms. The van der Waals surface area contributed by atoms with Gasteiger partial charge in [0.2, 0.25) is 11.8 Å². The van der Waals surface area contributed by atoms with Crippen LogP contribution in [0.3, 0.4) is 0 Å². The van der Waals surface area contributed by atoms with Crippen molar-refractivity contribution in [1.29, 1.82) is 0 Å². The Balaban J connectivity index is 1.48. The van der Waals surface area contributed by atoms with Crippen molar-refractivity contribution in [3.05, 3.63) is 59.0 Å². The lowest BCUT2D eigenvalue weighted by Gasteiger charge is -2.17. The number of carbonyl (C=O) groups excluding carboxylic acids is 2. The summed E-state index contributed by atoms with van der Waals surface area (Å²) in [6.45, 7) is 2.00. The van der Waals surface area contributed by atoms with E-state index < -0.39 is 6.04 Å². The van der Waals surface area contributed by atoms with Crippen LogP contribution < -0.4 is 10.6 Å². The van der Waals surface area contributed by atoms with Crippen molar-refractivity contribution >= 4 is 11.8 Å². The third kappa shape index (κ3) is 4.72. The number of fused-ring (bicyclic) bond motifs is 1. The van der Waals surface area contributed by atoms with Gasteiger partial charge in [0.25, 0.3) is 0 Å². The number of hydrogen-bond acceptors (Lipinski definition) is 3. The highest BCUT2D eigenvalue weighted by Gasteiger charge is 2.16. The molecular formula is C20H24N2O3. The van der Waals surface area contributed by atoms with E-state index in [0.29, 0.717) is 18.7 Å². The highest BCUT2D eigenvalue weighted by molar-refractivity contribution is 5.88. The maximum absolute atomic E-state index is 12.2. The largest absolute Gasteiger partial charge is 0.467 e. The van der Waals surface area contributed by atoms with E-state index in [-0.39, 0.29) is 11.8 Å². The first-order valence-corrected chi connectivity index (χ1v) is 8.82. The molecule has 1 heterocycles. The van der Waals surface area contributed by atoms with Gasteiger partial charge in [-0.25, -0.2) is 0 Å². The van der Waals surface area contributed by atoms with E-state index in [2.05, 4.69) is 22.8 Å². The first-order chi connectivity index (χ1) is 12.1. The molecule has 2 aromatic rings. The average molecular weight is 340 g/mol. The van der Waals surface area contributed by atoms with Crippen molar-refractivity contribution in [2.45, 2.75) is 51.6 Å². The minimum absolute atomic E-state index is 0.142. The van der Waals surface area contributed by atoms with Crippen LogP contribution in [0.15, 0.2) is 41.0 Å². The van der Waals surface area contributed by atoms with E-state index in [1.165, 1.54) is 24.0 Å². The highest BCUT2D eigenvalue weighted by Crippen LogP contribution is 2.22. The predicted molar refractivity (Wildman–Crippen MR) is 94.9 cm³/mol. The minimum atomic E-state index is -0.583. The molecular weight excluding hydrogens is 316 g/mol. The van der Waals surface area contributed by atoms with Crippen molar-refractivity contribution in [2.75, 3.05) is 0 Å². The van der Waals surface area contributed by atoms with Gasteiger partial charge in [-0.3, -0.25) is 9.59 Å². The van der Waals surface area contributed by atoms with Gasteiger partial charge in [0.15, 0.2) is 0 Å². The number of benzene rings is 1. The first kappa shape index (κ1) is 17.3. The Morgan fingerprint density at radius 3 is 2.72 bits per heavy atom. The molecule has 1 aliphatic rings. The average Bonchev–Trinajstić information content (AvgIpc) is 3.13. The first-order valence-electron chi connectivity index (χ1n) is 8.82. The van der Waals surface area contributed by atoms with Gasteiger partial charge in [0.05, 0.1) is 19.2 Å². The van der Waals surface area contributed by atoms with E-state index in [4.69, 9.17) is 4.42 Å². The fraction of sp³-hybridized carbons (Fsp3) is 0.400. The van der Waals surface area contributed by atoms with Gasteiger partial charge in [0.1, 0.15) is 11.8 Å². The molecule has 0 unspecified atom stereocenters. The number of furan rings is 1. The Kier molecular flexibility index (Phi) is 5.53. The summed E-state index contributed by atoms with van der Waals surface area (Å²) in [7, 11) is 0. The van der Waals surface area contributed by atoms with Crippen molar-refractivity contribution in [2.24, 2.45) is 0 Å². The summed E-state index contributed by atoms with van der Waals surface area (Å²) in [6.07, 6.45) is 6.55. The minimum Gasteiger partial charge on any atom is -0.467 e. The van der Waals surface area contributed by atoms with E-state index in [1.54, 1.807) is 25.3 Å². The smallest absolute Gasteiger partial charge is 0.242 e. The van der Waals surface area contributed by atoms with E-state index in [1.807, 2.05) is 6.07 Å². The quantitative estimate of drug-likeness (QED) is 0.849. The van der Waals surface area contributed by atoms with Crippen LogP contribution in [-0.4, -0.2) is 17.9 Å². The number of carbonyl (C=O) groups is 2. The molecule has 0 aliphatic heterocycles. The Hall–Kier alpha value is -2.56. The molecule has 2 amide bonds. The van der Waals surface area contributed by atoms with Crippen LogP contribution in [0.2, 0.25) is 0 Å². The number of amides is 2. The summed E-state index contributed by atoms with van der Waals surface area (Å²) in [5, 5.41) is 5.50. The maximum Gasteiger partial charge on any atom is 0.242 e.